The number of halogens is 1. The molecule has 0 amide bonds. The van der Waals surface area contributed by atoms with Crippen LogP contribution in [0.15, 0.2) is 18.3 Å². The summed E-state index contributed by atoms with van der Waals surface area (Å²) in [7, 11) is 0. The second kappa shape index (κ2) is 3.92. The zero-order valence-electron chi connectivity index (χ0n) is 8.64. The Balaban J connectivity index is 2.05. The van der Waals surface area contributed by atoms with Crippen LogP contribution in [0.4, 0.5) is 5.82 Å². The number of anilines is 1. The lowest BCUT2D eigenvalue weighted by atomic mass is 10.4. The van der Waals surface area contributed by atoms with Crippen molar-refractivity contribution in [1.29, 1.82) is 0 Å². The van der Waals surface area contributed by atoms with E-state index < -0.39 is 0 Å². The average Bonchev–Trinajstić information content (AvgIpc) is 2.73. The van der Waals surface area contributed by atoms with Crippen molar-refractivity contribution < 1.29 is 4.74 Å². The van der Waals surface area contributed by atoms with E-state index in [1.807, 2.05) is 12.3 Å². The van der Waals surface area contributed by atoms with Gasteiger partial charge in [-0.15, -0.1) is 0 Å². The SMILES string of the molecule is Clc1ccc2ncc(N3CCOCC3)n2n1. The van der Waals surface area contributed by atoms with Crippen molar-refractivity contribution in [3.05, 3.63) is 23.5 Å². The van der Waals surface area contributed by atoms with E-state index >= 15 is 0 Å². The molecule has 1 aliphatic heterocycles. The van der Waals surface area contributed by atoms with Crippen LogP contribution in [-0.2, 0) is 4.74 Å². The molecule has 84 valence electrons. The molecule has 1 fully saturated rings. The van der Waals surface area contributed by atoms with E-state index in [1.165, 1.54) is 0 Å². The third-order valence-corrected chi connectivity index (χ3v) is 2.85. The molecule has 6 heteroatoms. The standard InChI is InChI=1S/C10H11ClN4O/c11-8-1-2-9-12-7-10(15(9)13-8)14-3-5-16-6-4-14/h1-2,7H,3-6H2. The Hall–Kier alpha value is -1.33. The zero-order chi connectivity index (χ0) is 11.0. The Kier molecular flexibility index (Phi) is 2.41. The third kappa shape index (κ3) is 1.62. The summed E-state index contributed by atoms with van der Waals surface area (Å²) in [6, 6.07) is 3.60. The first kappa shape index (κ1) is 9.86. The van der Waals surface area contributed by atoms with Gasteiger partial charge in [0.05, 0.1) is 19.4 Å². The van der Waals surface area contributed by atoms with Crippen LogP contribution in [-0.4, -0.2) is 40.9 Å². The van der Waals surface area contributed by atoms with Crippen LogP contribution in [0.2, 0.25) is 5.15 Å². The van der Waals surface area contributed by atoms with Crippen molar-refractivity contribution in [2.45, 2.75) is 0 Å². The largest absolute Gasteiger partial charge is 0.378 e. The van der Waals surface area contributed by atoms with E-state index in [2.05, 4.69) is 15.0 Å². The average molecular weight is 239 g/mol. The number of rotatable bonds is 1. The van der Waals surface area contributed by atoms with E-state index in [9.17, 15) is 0 Å². The molecule has 0 aromatic carbocycles. The zero-order valence-corrected chi connectivity index (χ0v) is 9.39. The number of hydrogen-bond donors (Lipinski definition) is 0. The quantitative estimate of drug-likeness (QED) is 0.749. The monoisotopic (exact) mass is 238 g/mol. The second-order valence-electron chi connectivity index (χ2n) is 3.64. The highest BCUT2D eigenvalue weighted by atomic mass is 35.5. The lowest BCUT2D eigenvalue weighted by Gasteiger charge is -2.27. The van der Waals surface area contributed by atoms with Crippen LogP contribution in [0.25, 0.3) is 5.65 Å². The minimum absolute atomic E-state index is 0.472. The Bertz CT molecular complexity index is 506. The lowest BCUT2D eigenvalue weighted by Crippen LogP contribution is -2.37. The van der Waals surface area contributed by atoms with Gasteiger partial charge in [0.2, 0.25) is 0 Å². The molecule has 0 spiro atoms. The van der Waals surface area contributed by atoms with E-state index in [1.54, 1.807) is 10.6 Å². The summed E-state index contributed by atoms with van der Waals surface area (Å²) in [4.78, 5) is 6.50. The third-order valence-electron chi connectivity index (χ3n) is 2.65. The number of fused-ring (bicyclic) bond motifs is 1. The van der Waals surface area contributed by atoms with E-state index in [-0.39, 0.29) is 0 Å². The van der Waals surface area contributed by atoms with Gasteiger partial charge in [-0.2, -0.15) is 9.61 Å². The number of aromatic nitrogens is 3. The first-order valence-corrected chi connectivity index (χ1v) is 5.55. The molecule has 2 aromatic rings. The summed E-state index contributed by atoms with van der Waals surface area (Å²) in [6.45, 7) is 3.21. The first-order valence-electron chi connectivity index (χ1n) is 5.17. The van der Waals surface area contributed by atoms with Gasteiger partial charge in [0.15, 0.2) is 11.5 Å². The molecule has 2 aromatic heterocycles. The maximum absolute atomic E-state index is 5.88. The van der Waals surface area contributed by atoms with E-state index in [0.717, 1.165) is 37.8 Å². The van der Waals surface area contributed by atoms with Crippen LogP contribution in [0, 0.1) is 0 Å². The van der Waals surface area contributed by atoms with Crippen LogP contribution < -0.4 is 4.90 Å². The lowest BCUT2D eigenvalue weighted by molar-refractivity contribution is 0.122. The summed E-state index contributed by atoms with van der Waals surface area (Å²) in [6.07, 6.45) is 1.82. The van der Waals surface area contributed by atoms with Gasteiger partial charge in [0.25, 0.3) is 0 Å². The van der Waals surface area contributed by atoms with Crippen LogP contribution in [0.5, 0.6) is 0 Å². The van der Waals surface area contributed by atoms with E-state index in [4.69, 9.17) is 16.3 Å². The highest BCUT2D eigenvalue weighted by Crippen LogP contribution is 2.18. The van der Waals surface area contributed by atoms with Crippen molar-refractivity contribution in [3.63, 3.8) is 0 Å². The predicted molar refractivity (Wildman–Crippen MR) is 61.0 cm³/mol. The van der Waals surface area contributed by atoms with Crippen molar-refractivity contribution in [1.82, 2.24) is 14.6 Å². The molecule has 0 bridgehead atoms. The fourth-order valence-corrected chi connectivity index (χ4v) is 1.99. The van der Waals surface area contributed by atoms with Gasteiger partial charge in [0.1, 0.15) is 5.15 Å². The van der Waals surface area contributed by atoms with Crippen molar-refractivity contribution >= 4 is 23.1 Å². The molecule has 0 N–H and O–H groups in total. The van der Waals surface area contributed by atoms with Crippen LogP contribution in [0.3, 0.4) is 0 Å². The number of nitrogens with zero attached hydrogens (tertiary/aromatic N) is 4. The molecule has 0 aliphatic carbocycles. The number of morpholine rings is 1. The maximum atomic E-state index is 5.88. The molecule has 1 saturated heterocycles. The molecule has 0 saturated carbocycles. The van der Waals surface area contributed by atoms with Gasteiger partial charge in [-0.3, -0.25) is 0 Å². The minimum atomic E-state index is 0.472. The van der Waals surface area contributed by atoms with Gasteiger partial charge >= 0.3 is 0 Å². The Morgan fingerprint density at radius 2 is 2.06 bits per heavy atom. The molecule has 3 rings (SSSR count). The number of imidazole rings is 1. The molecular formula is C10H11ClN4O. The molecule has 16 heavy (non-hydrogen) atoms. The smallest absolute Gasteiger partial charge is 0.156 e. The molecule has 0 unspecified atom stereocenters. The minimum Gasteiger partial charge on any atom is -0.378 e. The van der Waals surface area contributed by atoms with Gasteiger partial charge in [-0.1, -0.05) is 11.6 Å². The van der Waals surface area contributed by atoms with Crippen molar-refractivity contribution in [2.24, 2.45) is 0 Å². The first-order chi connectivity index (χ1) is 7.84. The molecule has 0 radical (unpaired) electrons. The Labute approximate surface area is 97.6 Å². The molecule has 3 heterocycles. The van der Waals surface area contributed by atoms with Gasteiger partial charge in [-0.25, -0.2) is 4.98 Å². The predicted octanol–water partition coefficient (Wildman–Crippen LogP) is 1.22. The number of ether oxygens (including phenoxy) is 1. The van der Waals surface area contributed by atoms with Gasteiger partial charge < -0.3 is 9.64 Å². The highest BCUT2D eigenvalue weighted by molar-refractivity contribution is 6.29. The molecular weight excluding hydrogens is 228 g/mol. The topological polar surface area (TPSA) is 42.7 Å². The molecule has 5 nitrogen and oxygen atoms in total. The van der Waals surface area contributed by atoms with Crippen molar-refractivity contribution in [3.8, 4) is 0 Å². The summed E-state index contributed by atoms with van der Waals surface area (Å²) >= 11 is 5.88. The van der Waals surface area contributed by atoms with Gasteiger partial charge in [-0.05, 0) is 12.1 Å². The fourth-order valence-electron chi connectivity index (χ4n) is 1.85. The fraction of sp³-hybridized carbons (Fsp3) is 0.400. The van der Waals surface area contributed by atoms with Gasteiger partial charge in [0, 0.05) is 13.1 Å². The summed E-state index contributed by atoms with van der Waals surface area (Å²) in [5.74, 6) is 0.973. The Morgan fingerprint density at radius 3 is 2.88 bits per heavy atom. The second-order valence-corrected chi connectivity index (χ2v) is 4.03. The summed E-state index contributed by atoms with van der Waals surface area (Å²) in [5, 5.41) is 4.72. The summed E-state index contributed by atoms with van der Waals surface area (Å²) < 4.78 is 7.09. The normalized spacial score (nSPS) is 16.9. The molecule has 0 atom stereocenters. The maximum Gasteiger partial charge on any atom is 0.156 e. The van der Waals surface area contributed by atoms with Crippen LogP contribution in [0.1, 0.15) is 0 Å². The van der Waals surface area contributed by atoms with Crippen molar-refractivity contribution in [2.75, 3.05) is 31.2 Å². The Morgan fingerprint density at radius 1 is 1.25 bits per heavy atom. The van der Waals surface area contributed by atoms with E-state index in [0.29, 0.717) is 5.15 Å². The molecule has 1 aliphatic rings. The highest BCUT2D eigenvalue weighted by Gasteiger charge is 2.15. The number of hydrogen-bond acceptors (Lipinski definition) is 4. The summed E-state index contributed by atoms with van der Waals surface area (Å²) in [5.41, 5.74) is 0.811. The van der Waals surface area contributed by atoms with Crippen LogP contribution >= 0.6 is 11.6 Å².